The molecule has 1 aromatic rings. The first kappa shape index (κ1) is 15.4. The fourth-order valence-electron chi connectivity index (χ4n) is 2.78. The van der Waals surface area contributed by atoms with Gasteiger partial charge in [0.1, 0.15) is 0 Å². The monoisotopic (exact) mass is 295 g/mol. The molecule has 0 aromatic heterocycles. The van der Waals surface area contributed by atoms with Crippen LogP contribution >= 0.6 is 0 Å². The maximum absolute atomic E-state index is 13.8. The summed E-state index contributed by atoms with van der Waals surface area (Å²) in [5.74, 6) is -1.15. The number of hydrogen-bond acceptors (Lipinski definition) is 4. The predicted molar refractivity (Wildman–Crippen MR) is 76.5 cm³/mol. The highest BCUT2D eigenvalue weighted by Crippen LogP contribution is 2.35. The predicted octanol–water partition coefficient (Wildman–Crippen LogP) is 2.45. The molecule has 0 saturated carbocycles. The first-order chi connectivity index (χ1) is 10.00. The van der Waals surface area contributed by atoms with E-state index in [1.807, 2.05) is 6.92 Å². The summed E-state index contributed by atoms with van der Waals surface area (Å²) in [6.07, 6.45) is 2.12. The lowest BCUT2D eigenvalue weighted by molar-refractivity contribution is -0.384. The second kappa shape index (κ2) is 6.17. The van der Waals surface area contributed by atoms with E-state index in [2.05, 4.69) is 10.6 Å². The summed E-state index contributed by atoms with van der Waals surface area (Å²) in [7, 11) is 0. The number of nitro groups is 1. The van der Waals surface area contributed by atoms with Crippen molar-refractivity contribution in [1.82, 2.24) is 5.32 Å². The van der Waals surface area contributed by atoms with Crippen LogP contribution in [0.1, 0.15) is 26.2 Å². The molecule has 1 aromatic carbocycles. The number of hydrogen-bond donors (Lipinski definition) is 2. The van der Waals surface area contributed by atoms with Gasteiger partial charge in [0.15, 0.2) is 11.5 Å². The SMILES string of the molecule is CCCC1(C(=O)Nc2c(F)cccc2[N+](=O)[O-])CCNC1. The minimum absolute atomic E-state index is 0.352. The summed E-state index contributed by atoms with van der Waals surface area (Å²) in [4.78, 5) is 22.8. The number of anilines is 1. The van der Waals surface area contributed by atoms with Gasteiger partial charge in [-0.15, -0.1) is 0 Å². The highest BCUT2D eigenvalue weighted by molar-refractivity contribution is 5.97. The van der Waals surface area contributed by atoms with E-state index < -0.39 is 21.8 Å². The summed E-state index contributed by atoms with van der Waals surface area (Å²) in [5, 5.41) is 16.5. The lowest BCUT2D eigenvalue weighted by Gasteiger charge is -2.26. The second-order valence-corrected chi connectivity index (χ2v) is 5.30. The third kappa shape index (κ3) is 3.02. The molecule has 1 aliphatic heterocycles. The van der Waals surface area contributed by atoms with E-state index in [1.165, 1.54) is 12.1 Å². The van der Waals surface area contributed by atoms with E-state index in [-0.39, 0.29) is 11.6 Å². The number of halogens is 1. The summed E-state index contributed by atoms with van der Waals surface area (Å²) in [6, 6.07) is 3.53. The summed E-state index contributed by atoms with van der Waals surface area (Å²) in [5.41, 5.74) is -1.40. The van der Waals surface area contributed by atoms with Crippen LogP contribution in [0.3, 0.4) is 0 Å². The molecule has 21 heavy (non-hydrogen) atoms. The van der Waals surface area contributed by atoms with Crippen molar-refractivity contribution in [3.05, 3.63) is 34.1 Å². The zero-order valence-electron chi connectivity index (χ0n) is 11.8. The zero-order valence-corrected chi connectivity index (χ0v) is 11.8. The fraction of sp³-hybridized carbons (Fsp3) is 0.500. The van der Waals surface area contributed by atoms with E-state index >= 15 is 0 Å². The number of nitrogens with one attached hydrogen (secondary N) is 2. The molecule has 1 aliphatic rings. The van der Waals surface area contributed by atoms with Crippen molar-refractivity contribution in [2.75, 3.05) is 18.4 Å². The van der Waals surface area contributed by atoms with E-state index in [0.29, 0.717) is 25.9 Å². The van der Waals surface area contributed by atoms with Crippen LogP contribution in [0.25, 0.3) is 0 Å². The fourth-order valence-corrected chi connectivity index (χ4v) is 2.78. The van der Waals surface area contributed by atoms with Crippen LogP contribution in [-0.2, 0) is 4.79 Å². The summed E-state index contributed by atoms with van der Waals surface area (Å²) < 4.78 is 13.8. The van der Waals surface area contributed by atoms with Gasteiger partial charge in [-0.3, -0.25) is 14.9 Å². The van der Waals surface area contributed by atoms with Crippen molar-refractivity contribution >= 4 is 17.3 Å². The van der Waals surface area contributed by atoms with Crippen LogP contribution in [-0.4, -0.2) is 23.9 Å². The molecule has 0 bridgehead atoms. The Balaban J connectivity index is 2.29. The summed E-state index contributed by atoms with van der Waals surface area (Å²) in [6.45, 7) is 3.20. The van der Waals surface area contributed by atoms with Gasteiger partial charge in [-0.05, 0) is 25.5 Å². The number of benzene rings is 1. The van der Waals surface area contributed by atoms with E-state index in [1.54, 1.807) is 0 Å². The third-order valence-electron chi connectivity index (χ3n) is 3.88. The van der Waals surface area contributed by atoms with Gasteiger partial charge in [-0.25, -0.2) is 4.39 Å². The van der Waals surface area contributed by atoms with Crippen molar-refractivity contribution in [3.63, 3.8) is 0 Å². The van der Waals surface area contributed by atoms with Gasteiger partial charge in [-0.1, -0.05) is 19.4 Å². The summed E-state index contributed by atoms with van der Waals surface area (Å²) >= 11 is 0. The lowest BCUT2D eigenvalue weighted by atomic mass is 9.81. The lowest BCUT2D eigenvalue weighted by Crippen LogP contribution is -2.38. The number of carbonyl (C=O) groups is 1. The van der Waals surface area contributed by atoms with Gasteiger partial charge in [0.2, 0.25) is 5.91 Å². The minimum atomic E-state index is -0.796. The first-order valence-corrected chi connectivity index (χ1v) is 6.95. The highest BCUT2D eigenvalue weighted by atomic mass is 19.1. The molecular formula is C14H18FN3O3. The van der Waals surface area contributed by atoms with Crippen molar-refractivity contribution in [1.29, 1.82) is 0 Å². The molecular weight excluding hydrogens is 277 g/mol. The first-order valence-electron chi connectivity index (χ1n) is 6.95. The highest BCUT2D eigenvalue weighted by Gasteiger charge is 2.41. The van der Waals surface area contributed by atoms with Gasteiger partial charge >= 0.3 is 0 Å². The quantitative estimate of drug-likeness (QED) is 0.645. The Labute approximate surface area is 121 Å². The Morgan fingerprint density at radius 2 is 2.33 bits per heavy atom. The van der Waals surface area contributed by atoms with E-state index in [9.17, 15) is 19.3 Å². The zero-order chi connectivity index (χ0) is 15.5. The Bertz CT molecular complexity index is 556. The number of amides is 1. The van der Waals surface area contributed by atoms with Crippen molar-refractivity contribution in [3.8, 4) is 0 Å². The molecule has 0 spiro atoms. The number of carbonyl (C=O) groups excluding carboxylic acids is 1. The molecule has 1 unspecified atom stereocenters. The molecule has 0 radical (unpaired) electrons. The van der Waals surface area contributed by atoms with E-state index in [0.717, 1.165) is 12.5 Å². The Morgan fingerprint density at radius 3 is 2.90 bits per heavy atom. The van der Waals surface area contributed by atoms with Crippen LogP contribution < -0.4 is 10.6 Å². The van der Waals surface area contributed by atoms with Gasteiger partial charge in [-0.2, -0.15) is 0 Å². The molecule has 1 heterocycles. The smallest absolute Gasteiger partial charge is 0.295 e. The number of nitrogens with zero attached hydrogens (tertiary/aromatic N) is 1. The molecule has 1 fully saturated rings. The normalized spacial score (nSPS) is 21.2. The van der Waals surface area contributed by atoms with Crippen molar-refractivity contribution in [2.24, 2.45) is 5.41 Å². The topological polar surface area (TPSA) is 84.3 Å². The van der Waals surface area contributed by atoms with Gasteiger partial charge in [0, 0.05) is 12.6 Å². The molecule has 7 heteroatoms. The number of nitro benzene ring substituents is 1. The third-order valence-corrected chi connectivity index (χ3v) is 3.88. The van der Waals surface area contributed by atoms with Gasteiger partial charge in [0.25, 0.3) is 5.69 Å². The Hall–Kier alpha value is -2.02. The van der Waals surface area contributed by atoms with Crippen LogP contribution in [0.15, 0.2) is 18.2 Å². The minimum Gasteiger partial charge on any atom is -0.317 e. The number of rotatable bonds is 5. The largest absolute Gasteiger partial charge is 0.317 e. The molecule has 1 atom stereocenters. The van der Waals surface area contributed by atoms with E-state index in [4.69, 9.17) is 0 Å². The average molecular weight is 295 g/mol. The Morgan fingerprint density at radius 1 is 1.57 bits per heavy atom. The van der Waals surface area contributed by atoms with Crippen LogP contribution in [0.2, 0.25) is 0 Å². The van der Waals surface area contributed by atoms with Crippen LogP contribution in [0.4, 0.5) is 15.8 Å². The van der Waals surface area contributed by atoms with Crippen molar-refractivity contribution in [2.45, 2.75) is 26.2 Å². The Kier molecular flexibility index (Phi) is 4.52. The standard InChI is InChI=1S/C14H18FN3O3/c1-2-6-14(7-8-16-9-14)13(19)17-12-10(15)4-3-5-11(12)18(20)21/h3-5,16H,2,6-9H2,1H3,(H,17,19). The van der Waals surface area contributed by atoms with Crippen molar-refractivity contribution < 1.29 is 14.1 Å². The molecule has 6 nitrogen and oxygen atoms in total. The van der Waals surface area contributed by atoms with Gasteiger partial charge < -0.3 is 10.6 Å². The molecule has 1 saturated heterocycles. The molecule has 2 N–H and O–H groups in total. The van der Waals surface area contributed by atoms with Gasteiger partial charge in [0.05, 0.1) is 10.3 Å². The second-order valence-electron chi connectivity index (χ2n) is 5.30. The molecule has 0 aliphatic carbocycles. The number of para-hydroxylation sites is 1. The molecule has 2 rings (SSSR count). The average Bonchev–Trinajstić information content (AvgIpc) is 2.91. The molecule has 1 amide bonds. The maximum atomic E-state index is 13.8. The van der Waals surface area contributed by atoms with Crippen LogP contribution in [0.5, 0.6) is 0 Å². The molecule has 114 valence electrons. The maximum Gasteiger partial charge on any atom is 0.295 e. The van der Waals surface area contributed by atoms with Crippen LogP contribution in [0, 0.1) is 21.3 Å².